The van der Waals surface area contributed by atoms with Crippen LogP contribution in [-0.4, -0.2) is 37.3 Å². The van der Waals surface area contributed by atoms with Gasteiger partial charge in [-0.3, -0.25) is 9.48 Å². The molecule has 0 saturated carbocycles. The molecule has 5 rings (SSSR count). The first-order chi connectivity index (χ1) is 15.5. The third kappa shape index (κ3) is 3.70. The van der Waals surface area contributed by atoms with Crippen molar-refractivity contribution in [2.45, 2.75) is 33.2 Å². The molecule has 2 aromatic carbocycles. The van der Waals surface area contributed by atoms with E-state index < -0.39 is 0 Å². The SMILES string of the molecule is Cc1ccc(C)c(C(=O)N2CCc3c(c(-c4nc(Cc5ccccc5)no4)nn3C)C2)c1. The van der Waals surface area contributed by atoms with E-state index in [1.165, 1.54) is 0 Å². The lowest BCUT2D eigenvalue weighted by Gasteiger charge is -2.28. The van der Waals surface area contributed by atoms with Crippen LogP contribution in [0.3, 0.4) is 0 Å². The van der Waals surface area contributed by atoms with Gasteiger partial charge in [0, 0.05) is 43.3 Å². The first kappa shape index (κ1) is 20.2. The summed E-state index contributed by atoms with van der Waals surface area (Å²) in [6.45, 7) is 5.11. The number of amides is 1. The van der Waals surface area contributed by atoms with Gasteiger partial charge in [-0.25, -0.2) is 0 Å². The minimum Gasteiger partial charge on any atom is -0.334 e. The van der Waals surface area contributed by atoms with Crippen LogP contribution in [0.4, 0.5) is 0 Å². The molecule has 0 N–H and O–H groups in total. The molecule has 0 saturated heterocycles. The van der Waals surface area contributed by atoms with Crippen LogP contribution in [0.1, 0.15) is 44.1 Å². The Bertz CT molecular complexity index is 1290. The molecule has 0 fully saturated rings. The fraction of sp³-hybridized carbons (Fsp3) is 0.280. The Labute approximate surface area is 186 Å². The van der Waals surface area contributed by atoms with Crippen LogP contribution in [0.15, 0.2) is 53.1 Å². The van der Waals surface area contributed by atoms with Crippen LogP contribution in [-0.2, 0) is 26.4 Å². The van der Waals surface area contributed by atoms with E-state index in [9.17, 15) is 4.79 Å². The predicted octanol–water partition coefficient (Wildman–Crippen LogP) is 3.88. The fourth-order valence-electron chi connectivity index (χ4n) is 4.27. The van der Waals surface area contributed by atoms with E-state index in [-0.39, 0.29) is 5.91 Å². The number of carbonyl (C=O) groups is 1. The van der Waals surface area contributed by atoms with E-state index in [1.807, 2.05) is 79.0 Å². The zero-order valence-electron chi connectivity index (χ0n) is 18.5. The first-order valence-corrected chi connectivity index (χ1v) is 10.8. The van der Waals surface area contributed by atoms with Gasteiger partial charge in [0.1, 0.15) is 0 Å². The van der Waals surface area contributed by atoms with Crippen molar-refractivity contribution in [3.8, 4) is 11.6 Å². The third-order valence-corrected chi connectivity index (χ3v) is 6.03. The number of benzene rings is 2. The number of hydrogen-bond acceptors (Lipinski definition) is 5. The molecule has 0 aliphatic carbocycles. The van der Waals surface area contributed by atoms with E-state index in [0.29, 0.717) is 36.9 Å². The first-order valence-electron chi connectivity index (χ1n) is 10.8. The Hall–Kier alpha value is -3.74. The van der Waals surface area contributed by atoms with Gasteiger partial charge in [0.25, 0.3) is 11.8 Å². The molecule has 1 aliphatic rings. The van der Waals surface area contributed by atoms with E-state index in [0.717, 1.165) is 39.9 Å². The lowest BCUT2D eigenvalue weighted by molar-refractivity contribution is 0.0732. The molecule has 3 heterocycles. The summed E-state index contributed by atoms with van der Waals surface area (Å²) in [5.74, 6) is 1.06. The van der Waals surface area contributed by atoms with Crippen LogP contribution in [0.5, 0.6) is 0 Å². The molecule has 7 heteroatoms. The standard InChI is InChI=1S/C25H25N5O2/c1-16-9-10-17(2)19(13-16)25(31)30-12-11-21-20(15-30)23(27-29(21)3)24-26-22(28-32-24)14-18-7-5-4-6-8-18/h4-10,13H,11-12,14-15H2,1-3H3. The summed E-state index contributed by atoms with van der Waals surface area (Å²) in [5.41, 5.74) is 6.68. The van der Waals surface area contributed by atoms with Crippen molar-refractivity contribution < 1.29 is 9.32 Å². The van der Waals surface area contributed by atoms with E-state index in [4.69, 9.17) is 4.52 Å². The third-order valence-electron chi connectivity index (χ3n) is 6.03. The Morgan fingerprint density at radius 2 is 1.94 bits per heavy atom. The highest BCUT2D eigenvalue weighted by molar-refractivity contribution is 5.96. The zero-order chi connectivity index (χ0) is 22.2. The van der Waals surface area contributed by atoms with Gasteiger partial charge in [0.05, 0.1) is 6.54 Å². The largest absolute Gasteiger partial charge is 0.334 e. The van der Waals surface area contributed by atoms with Gasteiger partial charge in [-0.1, -0.05) is 53.2 Å². The highest BCUT2D eigenvalue weighted by Gasteiger charge is 2.30. The predicted molar refractivity (Wildman–Crippen MR) is 120 cm³/mol. The smallest absolute Gasteiger partial charge is 0.278 e. The maximum atomic E-state index is 13.3. The van der Waals surface area contributed by atoms with Crippen molar-refractivity contribution in [2.75, 3.05) is 6.54 Å². The molecule has 2 aromatic heterocycles. The number of aryl methyl sites for hydroxylation is 3. The van der Waals surface area contributed by atoms with E-state index >= 15 is 0 Å². The van der Waals surface area contributed by atoms with E-state index in [2.05, 4.69) is 15.2 Å². The van der Waals surface area contributed by atoms with Gasteiger partial charge in [-0.2, -0.15) is 10.1 Å². The molecule has 0 atom stereocenters. The normalized spacial score (nSPS) is 13.3. The lowest BCUT2D eigenvalue weighted by atomic mass is 10.0. The van der Waals surface area contributed by atoms with Crippen molar-refractivity contribution in [1.82, 2.24) is 24.8 Å². The maximum absolute atomic E-state index is 13.3. The molecule has 1 amide bonds. The molecular weight excluding hydrogens is 402 g/mol. The Morgan fingerprint density at radius 3 is 2.75 bits per heavy atom. The van der Waals surface area contributed by atoms with Gasteiger partial charge >= 0.3 is 0 Å². The second kappa shape index (κ2) is 8.07. The molecule has 7 nitrogen and oxygen atoms in total. The van der Waals surface area contributed by atoms with Crippen LogP contribution >= 0.6 is 0 Å². The van der Waals surface area contributed by atoms with E-state index in [1.54, 1.807) is 0 Å². The minimum absolute atomic E-state index is 0.0435. The lowest BCUT2D eigenvalue weighted by Crippen LogP contribution is -2.36. The molecule has 0 bridgehead atoms. The number of fused-ring (bicyclic) bond motifs is 1. The summed E-state index contributed by atoms with van der Waals surface area (Å²) in [5, 5.41) is 8.82. The Balaban J connectivity index is 1.43. The number of rotatable bonds is 4. The average Bonchev–Trinajstić information content (AvgIpc) is 3.39. The van der Waals surface area contributed by atoms with Crippen LogP contribution in [0, 0.1) is 13.8 Å². The summed E-state index contributed by atoms with van der Waals surface area (Å²) in [4.78, 5) is 19.8. The molecule has 4 aromatic rings. The van der Waals surface area contributed by atoms with Crippen LogP contribution < -0.4 is 0 Å². The molecule has 0 unspecified atom stereocenters. The number of carbonyl (C=O) groups excluding carboxylic acids is 1. The summed E-state index contributed by atoms with van der Waals surface area (Å²) >= 11 is 0. The highest BCUT2D eigenvalue weighted by atomic mass is 16.5. The highest BCUT2D eigenvalue weighted by Crippen LogP contribution is 2.30. The monoisotopic (exact) mass is 427 g/mol. The molecular formula is C25H25N5O2. The Morgan fingerprint density at radius 1 is 1.12 bits per heavy atom. The molecule has 0 spiro atoms. The van der Waals surface area contributed by atoms with Gasteiger partial charge in [0.15, 0.2) is 11.5 Å². The summed E-state index contributed by atoms with van der Waals surface area (Å²) in [6.07, 6.45) is 1.33. The molecule has 1 aliphatic heterocycles. The van der Waals surface area contributed by atoms with Crippen molar-refractivity contribution in [2.24, 2.45) is 7.05 Å². The zero-order valence-corrected chi connectivity index (χ0v) is 18.5. The van der Waals surface area contributed by atoms with Crippen molar-refractivity contribution in [1.29, 1.82) is 0 Å². The molecule has 162 valence electrons. The number of hydrogen-bond donors (Lipinski definition) is 0. The topological polar surface area (TPSA) is 77.1 Å². The number of aromatic nitrogens is 4. The second-order valence-electron chi connectivity index (χ2n) is 8.37. The van der Waals surface area contributed by atoms with Crippen molar-refractivity contribution >= 4 is 5.91 Å². The fourth-order valence-corrected chi connectivity index (χ4v) is 4.27. The minimum atomic E-state index is 0.0435. The van der Waals surface area contributed by atoms with Gasteiger partial charge in [-0.05, 0) is 31.0 Å². The number of nitrogens with zero attached hydrogens (tertiary/aromatic N) is 5. The van der Waals surface area contributed by atoms with Gasteiger partial charge < -0.3 is 9.42 Å². The van der Waals surface area contributed by atoms with Gasteiger partial charge in [0.2, 0.25) is 0 Å². The summed E-state index contributed by atoms with van der Waals surface area (Å²) in [7, 11) is 1.92. The average molecular weight is 428 g/mol. The summed E-state index contributed by atoms with van der Waals surface area (Å²) in [6, 6.07) is 16.0. The molecule has 0 radical (unpaired) electrons. The van der Waals surface area contributed by atoms with Crippen LogP contribution in [0.25, 0.3) is 11.6 Å². The van der Waals surface area contributed by atoms with Crippen molar-refractivity contribution in [3.05, 3.63) is 87.9 Å². The van der Waals surface area contributed by atoms with Crippen LogP contribution in [0.2, 0.25) is 0 Å². The molecule has 32 heavy (non-hydrogen) atoms. The second-order valence-corrected chi connectivity index (χ2v) is 8.37. The van der Waals surface area contributed by atoms with Gasteiger partial charge in [-0.15, -0.1) is 0 Å². The summed E-state index contributed by atoms with van der Waals surface area (Å²) < 4.78 is 7.44. The quantitative estimate of drug-likeness (QED) is 0.494. The Kier molecular flexibility index (Phi) is 5.09. The maximum Gasteiger partial charge on any atom is 0.278 e. The van der Waals surface area contributed by atoms with Crippen molar-refractivity contribution in [3.63, 3.8) is 0 Å².